The highest BCUT2D eigenvalue weighted by Gasteiger charge is 2.45. The van der Waals surface area contributed by atoms with Crippen molar-refractivity contribution in [2.75, 3.05) is 0 Å². The van der Waals surface area contributed by atoms with Crippen molar-refractivity contribution in [3.8, 4) is 0 Å². The Morgan fingerprint density at radius 3 is 2.04 bits per heavy atom. The molecule has 0 saturated heterocycles. The van der Waals surface area contributed by atoms with E-state index in [1.54, 1.807) is 0 Å². The van der Waals surface area contributed by atoms with E-state index in [1.807, 2.05) is 30.3 Å². The van der Waals surface area contributed by atoms with Crippen molar-refractivity contribution in [2.24, 2.45) is 0 Å². The Hall–Kier alpha value is -0.770. The predicted octanol–water partition coefficient (Wildman–Crippen LogP) is 6.47. The van der Waals surface area contributed by atoms with Crippen LogP contribution >= 0.6 is 15.7 Å². The Kier molecular flexibility index (Phi) is 5.89. The molecule has 2 rings (SSSR count). The molecule has 0 heterocycles. The second-order valence-electron chi connectivity index (χ2n) is 8.55. The van der Waals surface area contributed by atoms with Gasteiger partial charge >= 0.3 is 7.80 Å². The molecule has 24 heavy (non-hydrogen) atoms. The number of hydrogen-bond acceptors (Lipinski definition) is 1. The second kappa shape index (κ2) is 7.23. The maximum Gasteiger partial charge on any atom is 0.388 e. The van der Waals surface area contributed by atoms with E-state index in [0.717, 1.165) is 5.30 Å². The summed E-state index contributed by atoms with van der Waals surface area (Å²) in [6, 6.07) is 9.92. The predicted molar refractivity (Wildman–Crippen MR) is 111 cm³/mol. The topological polar surface area (TPSA) is 17.1 Å². The highest BCUT2D eigenvalue weighted by Crippen LogP contribution is 2.65. The van der Waals surface area contributed by atoms with Crippen LogP contribution in [0.3, 0.4) is 0 Å². The number of allylic oxidation sites excluding steroid dienone is 4. The SMILES string of the molecule is C[C@@H](C1=CC=CC1[P+](=O)c1ccccc1)P(C(C)(C)C)C(C)(C)C. The molecule has 1 aromatic rings. The summed E-state index contributed by atoms with van der Waals surface area (Å²) < 4.78 is 13.1. The lowest BCUT2D eigenvalue weighted by Gasteiger charge is -2.46. The normalized spacial score (nSPS) is 20.2. The Bertz CT molecular complexity index is 631. The maximum atomic E-state index is 13.1. The van der Waals surface area contributed by atoms with Gasteiger partial charge in [-0.3, -0.25) is 0 Å². The molecule has 2 unspecified atom stereocenters. The van der Waals surface area contributed by atoms with Gasteiger partial charge in [-0.05, 0) is 34.1 Å². The fourth-order valence-electron chi connectivity index (χ4n) is 4.13. The van der Waals surface area contributed by atoms with Crippen LogP contribution in [0.4, 0.5) is 0 Å². The lowest BCUT2D eigenvalue weighted by Crippen LogP contribution is -2.32. The summed E-state index contributed by atoms with van der Waals surface area (Å²) in [5, 5.41) is 1.48. The summed E-state index contributed by atoms with van der Waals surface area (Å²) in [6.45, 7) is 16.5. The zero-order valence-electron chi connectivity index (χ0n) is 16.1. The van der Waals surface area contributed by atoms with Crippen LogP contribution < -0.4 is 5.30 Å². The number of benzene rings is 1. The van der Waals surface area contributed by atoms with Gasteiger partial charge in [0.25, 0.3) is 0 Å². The van der Waals surface area contributed by atoms with E-state index in [-0.39, 0.29) is 23.9 Å². The van der Waals surface area contributed by atoms with E-state index in [9.17, 15) is 4.57 Å². The van der Waals surface area contributed by atoms with Crippen LogP contribution in [-0.4, -0.2) is 21.6 Å². The largest absolute Gasteiger partial charge is 0.388 e. The highest BCUT2D eigenvalue weighted by atomic mass is 31.1. The van der Waals surface area contributed by atoms with E-state index in [1.165, 1.54) is 5.57 Å². The van der Waals surface area contributed by atoms with Gasteiger partial charge in [0.15, 0.2) is 5.30 Å². The molecule has 3 atom stereocenters. The Labute approximate surface area is 150 Å². The maximum absolute atomic E-state index is 13.1. The summed E-state index contributed by atoms with van der Waals surface area (Å²) in [5.41, 5.74) is 1.87. The standard InChI is InChI=1S/C21H31OP2/c1-16(24(20(2,3)4)21(5,6)7)18-14-11-15-19(18)23(22)17-12-9-8-10-13-17/h8-16,19H,1-7H3/q+1/t16-,19?/m0/s1. The molecule has 1 aliphatic rings. The first-order valence-electron chi connectivity index (χ1n) is 8.72. The molecule has 0 spiro atoms. The van der Waals surface area contributed by atoms with Gasteiger partial charge in [-0.2, -0.15) is 0 Å². The average molecular weight is 361 g/mol. The van der Waals surface area contributed by atoms with Crippen molar-refractivity contribution in [2.45, 2.75) is 70.1 Å². The molecule has 0 bridgehead atoms. The summed E-state index contributed by atoms with van der Waals surface area (Å²) in [5.74, 6) is 0. The van der Waals surface area contributed by atoms with Crippen LogP contribution in [0.2, 0.25) is 0 Å². The molecule has 0 N–H and O–H groups in total. The van der Waals surface area contributed by atoms with Crippen LogP contribution in [0.25, 0.3) is 0 Å². The summed E-state index contributed by atoms with van der Waals surface area (Å²) in [7, 11) is -1.71. The average Bonchev–Trinajstić information content (AvgIpc) is 2.93. The smallest absolute Gasteiger partial charge is 0.0884 e. The van der Waals surface area contributed by atoms with Gasteiger partial charge in [-0.25, -0.2) is 0 Å². The zero-order valence-corrected chi connectivity index (χ0v) is 17.9. The molecule has 0 amide bonds. The Morgan fingerprint density at radius 1 is 1.00 bits per heavy atom. The van der Waals surface area contributed by atoms with Crippen LogP contribution in [0.5, 0.6) is 0 Å². The number of hydrogen-bond donors (Lipinski definition) is 0. The van der Waals surface area contributed by atoms with Gasteiger partial charge in [0, 0.05) is 5.66 Å². The molecule has 0 aliphatic heterocycles. The van der Waals surface area contributed by atoms with Crippen molar-refractivity contribution >= 4 is 21.0 Å². The van der Waals surface area contributed by atoms with E-state index in [4.69, 9.17) is 0 Å². The van der Waals surface area contributed by atoms with Crippen LogP contribution in [-0.2, 0) is 4.57 Å². The molecular weight excluding hydrogens is 330 g/mol. The van der Waals surface area contributed by atoms with Crippen LogP contribution in [0.15, 0.2) is 54.1 Å². The van der Waals surface area contributed by atoms with Gasteiger partial charge < -0.3 is 0 Å². The first kappa shape index (κ1) is 19.6. The molecule has 0 saturated carbocycles. The first-order chi connectivity index (χ1) is 11.0. The van der Waals surface area contributed by atoms with Crippen molar-refractivity contribution in [1.29, 1.82) is 0 Å². The van der Waals surface area contributed by atoms with Crippen LogP contribution in [0.1, 0.15) is 48.5 Å². The van der Waals surface area contributed by atoms with E-state index >= 15 is 0 Å². The molecule has 1 aromatic carbocycles. The van der Waals surface area contributed by atoms with Gasteiger partial charge in [0.2, 0.25) is 5.66 Å². The van der Waals surface area contributed by atoms with E-state index in [2.05, 4.69) is 66.7 Å². The summed E-state index contributed by atoms with van der Waals surface area (Å²) in [4.78, 5) is 0. The minimum absolute atomic E-state index is 0.0482. The van der Waals surface area contributed by atoms with Crippen molar-refractivity contribution in [3.63, 3.8) is 0 Å². The van der Waals surface area contributed by atoms with Crippen molar-refractivity contribution < 1.29 is 4.57 Å². The molecular formula is C21H31OP2+. The zero-order chi connectivity index (χ0) is 18.1. The minimum Gasteiger partial charge on any atom is -0.0884 e. The third kappa shape index (κ3) is 4.25. The fourth-order valence-corrected chi connectivity index (χ4v) is 10.8. The molecule has 0 radical (unpaired) electrons. The van der Waals surface area contributed by atoms with E-state index in [0.29, 0.717) is 5.66 Å². The second-order valence-corrected chi connectivity index (χ2v) is 14.5. The number of rotatable bonds is 4. The van der Waals surface area contributed by atoms with Crippen LogP contribution in [0, 0.1) is 0 Å². The van der Waals surface area contributed by atoms with Gasteiger partial charge in [0.05, 0.1) is 0 Å². The minimum atomic E-state index is -1.44. The summed E-state index contributed by atoms with van der Waals surface area (Å²) in [6.07, 6.45) is 6.46. The lowest BCUT2D eigenvalue weighted by atomic mass is 10.1. The van der Waals surface area contributed by atoms with Gasteiger partial charge in [0.1, 0.15) is 0 Å². The molecule has 1 nitrogen and oxygen atoms in total. The molecule has 3 heteroatoms. The van der Waals surface area contributed by atoms with Crippen molar-refractivity contribution in [1.82, 2.24) is 0 Å². The quantitative estimate of drug-likeness (QED) is 0.562. The fraction of sp³-hybridized carbons (Fsp3) is 0.524. The Balaban J connectivity index is 2.32. The molecule has 1 aliphatic carbocycles. The molecule has 130 valence electrons. The molecule has 0 aromatic heterocycles. The summed E-state index contributed by atoms with van der Waals surface area (Å²) >= 11 is 0. The highest BCUT2D eigenvalue weighted by molar-refractivity contribution is 7.62. The Morgan fingerprint density at radius 2 is 1.54 bits per heavy atom. The molecule has 0 fully saturated rings. The van der Waals surface area contributed by atoms with E-state index < -0.39 is 7.80 Å². The van der Waals surface area contributed by atoms with Gasteiger partial charge in [-0.1, -0.05) is 91.3 Å². The third-order valence-corrected chi connectivity index (χ3v) is 10.2. The van der Waals surface area contributed by atoms with Gasteiger partial charge in [-0.15, -0.1) is 0 Å². The first-order valence-corrected chi connectivity index (χ1v) is 11.5. The third-order valence-electron chi connectivity index (χ3n) is 4.50. The monoisotopic (exact) mass is 361 g/mol. The lowest BCUT2D eigenvalue weighted by molar-refractivity contribution is 0.591. The van der Waals surface area contributed by atoms with Crippen molar-refractivity contribution in [3.05, 3.63) is 54.1 Å².